The van der Waals surface area contributed by atoms with Crippen molar-refractivity contribution >= 4 is 23.2 Å². The van der Waals surface area contributed by atoms with E-state index in [1.54, 1.807) is 31.2 Å². The number of nitrogens with zero attached hydrogens (tertiary/aromatic N) is 6. The van der Waals surface area contributed by atoms with Gasteiger partial charge in [-0.05, 0) is 67.1 Å². The highest BCUT2D eigenvalue weighted by Crippen LogP contribution is 2.24. The number of hydrogen-bond donors (Lipinski definition) is 2. The molecule has 0 saturated carbocycles. The zero-order valence-electron chi connectivity index (χ0n) is 22.3. The summed E-state index contributed by atoms with van der Waals surface area (Å²) in [6.45, 7) is 0.157. The van der Waals surface area contributed by atoms with E-state index in [4.69, 9.17) is 11.6 Å². The lowest BCUT2D eigenvalue weighted by Crippen LogP contribution is -2.37. The first kappa shape index (κ1) is 29.7. The van der Waals surface area contributed by atoms with Crippen molar-refractivity contribution in [3.63, 3.8) is 0 Å². The molecule has 10 nitrogen and oxygen atoms in total. The van der Waals surface area contributed by atoms with Gasteiger partial charge in [-0.2, -0.15) is 13.2 Å². The SMILES string of the molecule is Cc1cc(NC(=O)c2ccccc2-n2cnc(Cn3nc(-c4ccc(Cl)cc4)n(C[C@H](O)C(F)(F)F)c3=O)n2)ccc1F. The molecule has 222 valence electrons. The van der Waals surface area contributed by atoms with Crippen LogP contribution in [0.4, 0.5) is 23.2 Å². The number of para-hydroxylation sites is 1. The number of alkyl halides is 3. The molecule has 0 radical (unpaired) electrons. The second-order valence-electron chi connectivity index (χ2n) is 9.48. The summed E-state index contributed by atoms with van der Waals surface area (Å²) in [6, 6.07) is 16.6. The number of rotatable bonds is 8. The van der Waals surface area contributed by atoms with Gasteiger partial charge >= 0.3 is 11.9 Å². The van der Waals surface area contributed by atoms with E-state index >= 15 is 0 Å². The zero-order chi connectivity index (χ0) is 30.9. The summed E-state index contributed by atoms with van der Waals surface area (Å²) >= 11 is 5.92. The largest absolute Gasteiger partial charge is 0.416 e. The lowest BCUT2D eigenvalue weighted by molar-refractivity contribution is -0.207. The minimum Gasteiger partial charge on any atom is -0.382 e. The highest BCUT2D eigenvalue weighted by Gasteiger charge is 2.39. The van der Waals surface area contributed by atoms with Crippen molar-refractivity contribution in [2.75, 3.05) is 5.32 Å². The molecule has 5 aromatic rings. The number of aromatic nitrogens is 6. The number of aliphatic hydroxyl groups excluding tert-OH is 1. The van der Waals surface area contributed by atoms with Crippen LogP contribution in [0.1, 0.15) is 21.7 Å². The van der Waals surface area contributed by atoms with Crippen LogP contribution in [-0.2, 0) is 13.1 Å². The third-order valence-corrected chi connectivity index (χ3v) is 6.65. The number of carbonyl (C=O) groups is 1. The van der Waals surface area contributed by atoms with Crippen LogP contribution in [0.5, 0.6) is 0 Å². The maximum absolute atomic E-state index is 13.6. The highest BCUT2D eigenvalue weighted by molar-refractivity contribution is 6.30. The summed E-state index contributed by atoms with van der Waals surface area (Å²) in [6.07, 6.45) is -6.47. The van der Waals surface area contributed by atoms with Gasteiger partial charge in [-0.15, -0.1) is 10.2 Å². The Kier molecular flexibility index (Phi) is 8.15. The van der Waals surface area contributed by atoms with Crippen LogP contribution in [0.3, 0.4) is 0 Å². The molecule has 1 amide bonds. The fourth-order valence-electron chi connectivity index (χ4n) is 4.20. The number of amides is 1. The van der Waals surface area contributed by atoms with Crippen LogP contribution in [0, 0.1) is 12.7 Å². The molecule has 2 N–H and O–H groups in total. The normalized spacial score (nSPS) is 12.3. The van der Waals surface area contributed by atoms with E-state index in [2.05, 4.69) is 20.5 Å². The molecular formula is C28H22ClF4N7O3. The number of hydrogen-bond acceptors (Lipinski definition) is 6. The van der Waals surface area contributed by atoms with Crippen molar-refractivity contribution in [3.05, 3.63) is 111 Å². The first-order valence-electron chi connectivity index (χ1n) is 12.7. The van der Waals surface area contributed by atoms with Gasteiger partial charge in [0.1, 0.15) is 18.7 Å². The maximum Gasteiger partial charge on any atom is 0.416 e. The number of nitrogens with one attached hydrogen (secondary N) is 1. The standard InChI is InChI=1S/C28H22ClF4N7O3/c1-16-12-19(10-11-21(16)30)35-26(42)20-4-2-3-5-22(20)40-15-34-24(36-40)14-39-27(43)38(13-23(41)28(31,32)33)25(37-39)17-6-8-18(29)9-7-17/h2-12,15,23,41H,13-14H2,1H3,(H,35,42)/t23-/m0/s1. The fourth-order valence-corrected chi connectivity index (χ4v) is 4.33. The van der Waals surface area contributed by atoms with E-state index < -0.39 is 36.2 Å². The van der Waals surface area contributed by atoms with Gasteiger partial charge in [0.15, 0.2) is 17.8 Å². The van der Waals surface area contributed by atoms with Crippen LogP contribution in [0.25, 0.3) is 17.1 Å². The molecule has 3 aromatic carbocycles. The summed E-state index contributed by atoms with van der Waals surface area (Å²) in [7, 11) is 0. The summed E-state index contributed by atoms with van der Waals surface area (Å²) in [5, 5.41) is 21.3. The Labute approximate surface area is 245 Å². The first-order valence-corrected chi connectivity index (χ1v) is 13.0. The number of carbonyl (C=O) groups excluding carboxylic acids is 1. The molecular weight excluding hydrogens is 594 g/mol. The van der Waals surface area contributed by atoms with Crippen molar-refractivity contribution in [2.45, 2.75) is 32.3 Å². The van der Waals surface area contributed by atoms with Crippen molar-refractivity contribution in [1.82, 2.24) is 29.1 Å². The Morgan fingerprint density at radius 2 is 1.79 bits per heavy atom. The van der Waals surface area contributed by atoms with Gasteiger partial charge in [0.2, 0.25) is 0 Å². The molecule has 0 saturated heterocycles. The third kappa shape index (κ3) is 6.49. The van der Waals surface area contributed by atoms with Crippen molar-refractivity contribution in [1.29, 1.82) is 0 Å². The lowest BCUT2D eigenvalue weighted by atomic mass is 10.1. The molecule has 0 aliphatic carbocycles. The first-order chi connectivity index (χ1) is 20.4. The van der Waals surface area contributed by atoms with Gasteiger partial charge in [0.25, 0.3) is 5.91 Å². The molecule has 0 aliphatic heterocycles. The number of benzene rings is 3. The van der Waals surface area contributed by atoms with Crippen LogP contribution in [-0.4, -0.2) is 52.4 Å². The summed E-state index contributed by atoms with van der Waals surface area (Å²) in [4.78, 5) is 30.4. The van der Waals surface area contributed by atoms with Gasteiger partial charge in [0, 0.05) is 16.3 Å². The van der Waals surface area contributed by atoms with Gasteiger partial charge in [-0.1, -0.05) is 23.7 Å². The molecule has 2 heterocycles. The quantitative estimate of drug-likeness (QED) is 0.246. The van der Waals surface area contributed by atoms with Gasteiger partial charge in [-0.25, -0.2) is 23.5 Å². The minimum absolute atomic E-state index is 0.0650. The number of aryl methyl sites for hydroxylation is 1. The smallest absolute Gasteiger partial charge is 0.382 e. The Morgan fingerprint density at radius 3 is 2.49 bits per heavy atom. The predicted molar refractivity (Wildman–Crippen MR) is 149 cm³/mol. The number of aliphatic hydroxyl groups is 1. The summed E-state index contributed by atoms with van der Waals surface area (Å²) in [5.74, 6) is -0.962. The van der Waals surface area contributed by atoms with Crippen LogP contribution in [0.2, 0.25) is 5.02 Å². The molecule has 0 spiro atoms. The fraction of sp³-hybridized carbons (Fsp3) is 0.179. The van der Waals surface area contributed by atoms with E-state index in [-0.39, 0.29) is 23.8 Å². The Bertz CT molecular complexity index is 1850. The van der Waals surface area contributed by atoms with E-state index in [1.807, 2.05) is 0 Å². The van der Waals surface area contributed by atoms with E-state index in [9.17, 15) is 32.3 Å². The van der Waals surface area contributed by atoms with Crippen molar-refractivity contribution in [3.8, 4) is 17.1 Å². The molecule has 5 rings (SSSR count). The zero-order valence-corrected chi connectivity index (χ0v) is 23.0. The Morgan fingerprint density at radius 1 is 1.07 bits per heavy atom. The molecule has 0 aliphatic rings. The third-order valence-electron chi connectivity index (χ3n) is 6.40. The van der Waals surface area contributed by atoms with Crippen LogP contribution >= 0.6 is 11.6 Å². The second kappa shape index (κ2) is 11.8. The van der Waals surface area contributed by atoms with E-state index in [0.717, 1.165) is 9.25 Å². The van der Waals surface area contributed by atoms with E-state index in [1.165, 1.54) is 53.5 Å². The molecule has 15 heteroatoms. The predicted octanol–water partition coefficient (Wildman–Crippen LogP) is 4.62. The molecule has 0 unspecified atom stereocenters. The van der Waals surface area contributed by atoms with Crippen molar-refractivity contribution < 1.29 is 27.5 Å². The Hall–Kier alpha value is -4.82. The Balaban J connectivity index is 1.44. The second-order valence-corrected chi connectivity index (χ2v) is 9.92. The summed E-state index contributed by atoms with van der Waals surface area (Å²) < 4.78 is 56.0. The van der Waals surface area contributed by atoms with Gasteiger partial charge in [0.05, 0.1) is 17.8 Å². The van der Waals surface area contributed by atoms with Crippen LogP contribution < -0.4 is 11.0 Å². The van der Waals surface area contributed by atoms with Gasteiger partial charge < -0.3 is 10.4 Å². The monoisotopic (exact) mass is 615 g/mol. The van der Waals surface area contributed by atoms with Crippen molar-refractivity contribution in [2.24, 2.45) is 0 Å². The topological polar surface area (TPSA) is 120 Å². The van der Waals surface area contributed by atoms with Crippen LogP contribution in [0.15, 0.2) is 77.9 Å². The van der Waals surface area contributed by atoms with E-state index in [0.29, 0.717) is 27.5 Å². The highest BCUT2D eigenvalue weighted by atomic mass is 35.5. The van der Waals surface area contributed by atoms with Gasteiger partial charge in [-0.3, -0.25) is 9.36 Å². The molecule has 2 aromatic heterocycles. The molecule has 0 fully saturated rings. The summed E-state index contributed by atoms with van der Waals surface area (Å²) in [5.41, 5.74) is 0.666. The average Bonchev–Trinajstić information content (AvgIpc) is 3.55. The number of halogens is 5. The molecule has 43 heavy (non-hydrogen) atoms. The molecule has 1 atom stereocenters. The minimum atomic E-state index is -4.96. The average molecular weight is 616 g/mol. The maximum atomic E-state index is 13.6. The number of anilines is 1. The lowest BCUT2D eigenvalue weighted by Gasteiger charge is -2.15. The molecule has 0 bridgehead atoms.